The van der Waals surface area contributed by atoms with E-state index in [0.717, 1.165) is 13.0 Å². The molecule has 1 unspecified atom stereocenters. The molecule has 0 fully saturated rings. The van der Waals surface area contributed by atoms with E-state index >= 15 is 0 Å². The Bertz CT molecular complexity index is 183. The SMILES string of the molecule is COC(C)C(=O)NCCCN(C)C(C)C. The third-order valence-corrected chi connectivity index (χ3v) is 2.59. The summed E-state index contributed by atoms with van der Waals surface area (Å²) >= 11 is 0. The van der Waals surface area contributed by atoms with Gasteiger partial charge in [0.05, 0.1) is 0 Å². The van der Waals surface area contributed by atoms with E-state index in [4.69, 9.17) is 4.74 Å². The number of rotatable bonds is 7. The van der Waals surface area contributed by atoms with Gasteiger partial charge in [0, 0.05) is 19.7 Å². The van der Waals surface area contributed by atoms with E-state index < -0.39 is 0 Å². The van der Waals surface area contributed by atoms with Crippen molar-refractivity contribution in [1.82, 2.24) is 10.2 Å². The van der Waals surface area contributed by atoms with Crippen molar-refractivity contribution < 1.29 is 9.53 Å². The molecule has 1 atom stereocenters. The highest BCUT2D eigenvalue weighted by Gasteiger charge is 2.10. The van der Waals surface area contributed by atoms with E-state index in [-0.39, 0.29) is 12.0 Å². The van der Waals surface area contributed by atoms with Crippen LogP contribution < -0.4 is 5.32 Å². The number of hydrogen-bond acceptors (Lipinski definition) is 3. The lowest BCUT2D eigenvalue weighted by Gasteiger charge is -2.20. The van der Waals surface area contributed by atoms with Crippen LogP contribution in [0.15, 0.2) is 0 Å². The quantitative estimate of drug-likeness (QED) is 0.642. The van der Waals surface area contributed by atoms with Gasteiger partial charge in [-0.15, -0.1) is 0 Å². The summed E-state index contributed by atoms with van der Waals surface area (Å²) in [6.07, 6.45) is 0.615. The van der Waals surface area contributed by atoms with Gasteiger partial charge in [0.25, 0.3) is 0 Å². The second kappa shape index (κ2) is 7.65. The first-order valence-electron chi connectivity index (χ1n) is 5.49. The maximum absolute atomic E-state index is 11.3. The van der Waals surface area contributed by atoms with E-state index in [1.54, 1.807) is 6.92 Å². The van der Waals surface area contributed by atoms with Crippen LogP contribution in [0.1, 0.15) is 27.2 Å². The Labute approximate surface area is 93.0 Å². The molecule has 0 heterocycles. The van der Waals surface area contributed by atoms with Crippen LogP contribution >= 0.6 is 0 Å². The van der Waals surface area contributed by atoms with Crippen molar-refractivity contribution in [3.8, 4) is 0 Å². The molecule has 0 saturated heterocycles. The molecule has 15 heavy (non-hydrogen) atoms. The summed E-state index contributed by atoms with van der Waals surface area (Å²) < 4.78 is 4.91. The molecule has 0 bridgehead atoms. The lowest BCUT2D eigenvalue weighted by atomic mass is 10.3. The summed E-state index contributed by atoms with van der Waals surface area (Å²) in [6, 6.07) is 0.554. The lowest BCUT2D eigenvalue weighted by molar-refractivity contribution is -0.130. The summed E-state index contributed by atoms with van der Waals surface area (Å²) in [7, 11) is 3.63. The number of methoxy groups -OCH3 is 1. The highest BCUT2D eigenvalue weighted by molar-refractivity contribution is 5.80. The second-order valence-electron chi connectivity index (χ2n) is 4.10. The Morgan fingerprint density at radius 2 is 2.00 bits per heavy atom. The minimum Gasteiger partial charge on any atom is -0.372 e. The molecule has 1 amide bonds. The van der Waals surface area contributed by atoms with Crippen molar-refractivity contribution in [1.29, 1.82) is 0 Å². The topological polar surface area (TPSA) is 41.6 Å². The highest BCUT2D eigenvalue weighted by Crippen LogP contribution is 1.94. The van der Waals surface area contributed by atoms with E-state index in [9.17, 15) is 4.79 Å². The predicted molar refractivity (Wildman–Crippen MR) is 61.9 cm³/mol. The second-order valence-corrected chi connectivity index (χ2v) is 4.10. The zero-order valence-electron chi connectivity index (χ0n) is 10.5. The third-order valence-electron chi connectivity index (χ3n) is 2.59. The van der Waals surface area contributed by atoms with Gasteiger partial charge in [0.1, 0.15) is 6.10 Å². The largest absolute Gasteiger partial charge is 0.372 e. The van der Waals surface area contributed by atoms with Gasteiger partial charge in [-0.25, -0.2) is 0 Å². The summed E-state index contributed by atoms with van der Waals surface area (Å²) in [4.78, 5) is 13.6. The molecule has 0 spiro atoms. The monoisotopic (exact) mass is 216 g/mol. The molecule has 0 aromatic heterocycles. The summed E-state index contributed by atoms with van der Waals surface area (Å²) in [5, 5.41) is 2.84. The number of nitrogens with zero attached hydrogens (tertiary/aromatic N) is 1. The maximum atomic E-state index is 11.3. The van der Waals surface area contributed by atoms with Crippen LogP contribution in [0.5, 0.6) is 0 Å². The van der Waals surface area contributed by atoms with Crippen molar-refractivity contribution in [3.63, 3.8) is 0 Å². The molecule has 0 saturated carbocycles. The fraction of sp³-hybridized carbons (Fsp3) is 0.909. The van der Waals surface area contributed by atoms with Crippen molar-refractivity contribution >= 4 is 5.91 Å². The van der Waals surface area contributed by atoms with Gasteiger partial charge < -0.3 is 15.0 Å². The Morgan fingerprint density at radius 3 is 2.47 bits per heavy atom. The van der Waals surface area contributed by atoms with Gasteiger partial charge in [0.15, 0.2) is 0 Å². The molecule has 0 aromatic rings. The van der Waals surface area contributed by atoms with E-state index in [2.05, 4.69) is 31.1 Å². The molecule has 0 aliphatic heterocycles. The number of carbonyl (C=O) groups is 1. The Morgan fingerprint density at radius 1 is 1.40 bits per heavy atom. The van der Waals surface area contributed by atoms with Crippen LogP contribution in [-0.4, -0.2) is 50.2 Å². The van der Waals surface area contributed by atoms with Crippen molar-refractivity contribution in [3.05, 3.63) is 0 Å². The number of hydrogen-bond donors (Lipinski definition) is 1. The van der Waals surface area contributed by atoms with Crippen LogP contribution in [0.2, 0.25) is 0 Å². The van der Waals surface area contributed by atoms with Gasteiger partial charge in [-0.3, -0.25) is 4.79 Å². The van der Waals surface area contributed by atoms with E-state index in [1.165, 1.54) is 7.11 Å². The first-order chi connectivity index (χ1) is 6.99. The first kappa shape index (κ1) is 14.4. The Hall–Kier alpha value is -0.610. The lowest BCUT2D eigenvalue weighted by Crippen LogP contribution is -2.36. The number of ether oxygens (including phenoxy) is 1. The van der Waals surface area contributed by atoms with Crippen LogP contribution in [0.4, 0.5) is 0 Å². The van der Waals surface area contributed by atoms with Crippen LogP contribution in [-0.2, 0) is 9.53 Å². The fourth-order valence-corrected chi connectivity index (χ4v) is 1.05. The summed E-state index contributed by atoms with van der Waals surface area (Å²) in [5.41, 5.74) is 0. The number of amides is 1. The van der Waals surface area contributed by atoms with E-state index in [1.807, 2.05) is 0 Å². The smallest absolute Gasteiger partial charge is 0.248 e. The minimum absolute atomic E-state index is 0.0373. The Kier molecular flexibility index (Phi) is 7.34. The molecule has 0 aliphatic rings. The van der Waals surface area contributed by atoms with E-state index in [0.29, 0.717) is 12.6 Å². The standard InChI is InChI=1S/C11H24N2O2/c1-9(2)13(4)8-6-7-12-11(14)10(3)15-5/h9-10H,6-8H2,1-5H3,(H,12,14). The molecule has 0 aliphatic carbocycles. The van der Waals surface area contributed by atoms with Crippen molar-refractivity contribution in [2.45, 2.75) is 39.3 Å². The zero-order chi connectivity index (χ0) is 11.8. The average Bonchev–Trinajstić information content (AvgIpc) is 2.22. The highest BCUT2D eigenvalue weighted by atomic mass is 16.5. The summed E-state index contributed by atoms with van der Waals surface area (Å²) in [6.45, 7) is 7.77. The molecule has 0 rings (SSSR count). The van der Waals surface area contributed by atoms with Gasteiger partial charge >= 0.3 is 0 Å². The Balaban J connectivity index is 3.50. The molecule has 4 nitrogen and oxygen atoms in total. The number of nitrogens with one attached hydrogen (secondary N) is 1. The minimum atomic E-state index is -0.354. The molecule has 0 aromatic carbocycles. The predicted octanol–water partition coefficient (Wildman–Crippen LogP) is 0.868. The summed E-state index contributed by atoms with van der Waals surface area (Å²) in [5.74, 6) is -0.0373. The van der Waals surface area contributed by atoms with Crippen molar-refractivity contribution in [2.75, 3.05) is 27.2 Å². The number of carbonyl (C=O) groups excluding carboxylic acids is 1. The van der Waals surface area contributed by atoms with Gasteiger partial charge in [0.2, 0.25) is 5.91 Å². The average molecular weight is 216 g/mol. The normalized spacial score (nSPS) is 13.3. The fourth-order valence-electron chi connectivity index (χ4n) is 1.05. The van der Waals surface area contributed by atoms with Crippen LogP contribution in [0.3, 0.4) is 0 Å². The molecule has 90 valence electrons. The molecular formula is C11H24N2O2. The zero-order valence-corrected chi connectivity index (χ0v) is 10.5. The van der Waals surface area contributed by atoms with Crippen molar-refractivity contribution in [2.24, 2.45) is 0 Å². The molecule has 0 radical (unpaired) electrons. The van der Waals surface area contributed by atoms with Crippen LogP contribution in [0.25, 0.3) is 0 Å². The van der Waals surface area contributed by atoms with Crippen LogP contribution in [0, 0.1) is 0 Å². The van der Waals surface area contributed by atoms with Gasteiger partial charge in [-0.05, 0) is 40.8 Å². The molecular weight excluding hydrogens is 192 g/mol. The molecule has 4 heteroatoms. The maximum Gasteiger partial charge on any atom is 0.248 e. The molecule has 1 N–H and O–H groups in total. The van der Waals surface area contributed by atoms with Gasteiger partial charge in [-0.1, -0.05) is 0 Å². The third kappa shape index (κ3) is 6.47. The first-order valence-corrected chi connectivity index (χ1v) is 5.49. The van der Waals surface area contributed by atoms with Gasteiger partial charge in [-0.2, -0.15) is 0 Å².